The van der Waals surface area contributed by atoms with Gasteiger partial charge in [0.25, 0.3) is 0 Å². The normalized spacial score (nSPS) is 16.2. The Hall–Kier alpha value is -2.12. The minimum absolute atomic E-state index is 0.286. The average molecular weight is 345 g/mol. The molecule has 1 fully saturated rings. The van der Waals surface area contributed by atoms with Crippen LogP contribution in [-0.4, -0.2) is 42.8 Å². The van der Waals surface area contributed by atoms with Crippen LogP contribution >= 0.6 is 0 Å². The molecule has 1 saturated heterocycles. The van der Waals surface area contributed by atoms with Gasteiger partial charge >= 0.3 is 12.3 Å². The number of rotatable bonds is 1. The van der Waals surface area contributed by atoms with Gasteiger partial charge in [-0.1, -0.05) is 0 Å². The van der Waals surface area contributed by atoms with Crippen molar-refractivity contribution in [2.75, 3.05) is 36.8 Å². The summed E-state index contributed by atoms with van der Waals surface area (Å²) in [6, 6.07) is 3.28. The molecule has 0 atom stereocenters. The Kier molecular flexibility index (Phi) is 4.87. The van der Waals surface area contributed by atoms with Crippen molar-refractivity contribution in [3.05, 3.63) is 23.8 Å². The van der Waals surface area contributed by atoms with E-state index in [4.69, 9.17) is 10.5 Å². The summed E-state index contributed by atoms with van der Waals surface area (Å²) in [5.41, 5.74) is 5.14. The lowest BCUT2D eigenvalue weighted by Crippen LogP contribution is -2.50. The number of nitrogens with zero attached hydrogens (tertiary/aromatic N) is 2. The fourth-order valence-electron chi connectivity index (χ4n) is 2.45. The Bertz CT molecular complexity index is 604. The molecule has 0 radical (unpaired) electrons. The number of carbonyl (C=O) groups is 1. The van der Waals surface area contributed by atoms with Crippen molar-refractivity contribution < 1.29 is 22.7 Å². The molecule has 134 valence electrons. The summed E-state index contributed by atoms with van der Waals surface area (Å²) in [6.45, 7) is 6.87. The van der Waals surface area contributed by atoms with Crippen LogP contribution in [0.1, 0.15) is 26.3 Å². The summed E-state index contributed by atoms with van der Waals surface area (Å²) in [4.78, 5) is 15.3. The Morgan fingerprint density at radius 2 is 1.71 bits per heavy atom. The van der Waals surface area contributed by atoms with Gasteiger partial charge in [-0.2, -0.15) is 13.2 Å². The minimum Gasteiger partial charge on any atom is -0.444 e. The molecule has 0 saturated carbocycles. The van der Waals surface area contributed by atoms with Gasteiger partial charge in [-0.05, 0) is 39.0 Å². The second kappa shape index (κ2) is 6.41. The predicted molar refractivity (Wildman–Crippen MR) is 85.9 cm³/mol. The van der Waals surface area contributed by atoms with Crippen LogP contribution in [0.15, 0.2) is 18.2 Å². The number of ether oxygens (including phenoxy) is 1. The van der Waals surface area contributed by atoms with Gasteiger partial charge in [-0.3, -0.25) is 0 Å². The maximum Gasteiger partial charge on any atom is 0.416 e. The minimum atomic E-state index is -4.42. The van der Waals surface area contributed by atoms with Gasteiger partial charge in [0.15, 0.2) is 0 Å². The Morgan fingerprint density at radius 1 is 1.12 bits per heavy atom. The third kappa shape index (κ3) is 4.46. The predicted octanol–water partition coefficient (Wildman–Crippen LogP) is 3.34. The summed E-state index contributed by atoms with van der Waals surface area (Å²) in [6.07, 6.45) is -4.83. The summed E-state index contributed by atoms with van der Waals surface area (Å²) in [5, 5.41) is 0. The maximum atomic E-state index is 12.9. The standard InChI is InChI=1S/C16H22F3N3O2/c1-15(2,3)24-14(23)22-8-6-21(7-9-22)13-10-11(16(17,18)19)4-5-12(13)20/h4-5,10H,6-9,20H2,1-3H3. The van der Waals surface area contributed by atoms with Crippen molar-refractivity contribution in [1.29, 1.82) is 0 Å². The molecular formula is C16H22F3N3O2. The van der Waals surface area contributed by atoms with E-state index in [2.05, 4.69) is 0 Å². The van der Waals surface area contributed by atoms with Crippen LogP contribution in [0.3, 0.4) is 0 Å². The molecule has 5 nitrogen and oxygen atoms in total. The molecule has 1 heterocycles. The molecule has 1 aromatic carbocycles. The monoisotopic (exact) mass is 345 g/mol. The number of hydrogen-bond acceptors (Lipinski definition) is 4. The lowest BCUT2D eigenvalue weighted by molar-refractivity contribution is -0.137. The number of anilines is 2. The molecule has 1 aromatic rings. The molecule has 0 aliphatic carbocycles. The molecule has 0 bridgehead atoms. The van der Waals surface area contributed by atoms with Crippen LogP contribution in [0.25, 0.3) is 0 Å². The third-order valence-electron chi connectivity index (χ3n) is 3.63. The van der Waals surface area contributed by atoms with E-state index >= 15 is 0 Å². The Labute approximate surface area is 139 Å². The summed E-state index contributed by atoms with van der Waals surface area (Å²) in [5.74, 6) is 0. The maximum absolute atomic E-state index is 12.9. The summed E-state index contributed by atoms with van der Waals surface area (Å²) in [7, 11) is 0. The number of piperazine rings is 1. The third-order valence-corrected chi connectivity index (χ3v) is 3.63. The molecule has 0 spiro atoms. The average Bonchev–Trinajstić information content (AvgIpc) is 2.45. The van der Waals surface area contributed by atoms with Gasteiger partial charge in [0, 0.05) is 26.2 Å². The zero-order valence-corrected chi connectivity index (χ0v) is 14.0. The largest absolute Gasteiger partial charge is 0.444 e. The quantitative estimate of drug-likeness (QED) is 0.793. The fourth-order valence-corrected chi connectivity index (χ4v) is 2.45. The number of carbonyl (C=O) groups excluding carboxylic acids is 1. The molecule has 24 heavy (non-hydrogen) atoms. The van der Waals surface area contributed by atoms with Crippen LogP contribution in [-0.2, 0) is 10.9 Å². The number of alkyl halides is 3. The molecule has 2 N–H and O–H groups in total. The second-order valence-electron chi connectivity index (χ2n) is 6.73. The second-order valence-corrected chi connectivity index (χ2v) is 6.73. The summed E-state index contributed by atoms with van der Waals surface area (Å²) >= 11 is 0. The van der Waals surface area contributed by atoms with Crippen molar-refractivity contribution in [1.82, 2.24) is 4.90 Å². The van der Waals surface area contributed by atoms with E-state index in [1.165, 1.54) is 6.07 Å². The first-order valence-electron chi connectivity index (χ1n) is 7.67. The van der Waals surface area contributed by atoms with Gasteiger partial charge in [0.1, 0.15) is 5.60 Å². The van der Waals surface area contributed by atoms with Gasteiger partial charge in [0.2, 0.25) is 0 Å². The highest BCUT2D eigenvalue weighted by molar-refractivity contribution is 5.71. The van der Waals surface area contributed by atoms with Crippen molar-refractivity contribution in [2.45, 2.75) is 32.5 Å². The lowest BCUT2D eigenvalue weighted by atomic mass is 10.1. The van der Waals surface area contributed by atoms with E-state index in [9.17, 15) is 18.0 Å². The zero-order valence-electron chi connectivity index (χ0n) is 14.0. The smallest absolute Gasteiger partial charge is 0.416 e. The molecule has 1 aliphatic rings. The SMILES string of the molecule is CC(C)(C)OC(=O)N1CCN(c2cc(C(F)(F)F)ccc2N)CC1. The van der Waals surface area contributed by atoms with E-state index in [0.29, 0.717) is 31.9 Å². The van der Waals surface area contributed by atoms with Crippen molar-refractivity contribution in [3.63, 3.8) is 0 Å². The Balaban J connectivity index is 2.06. The molecule has 8 heteroatoms. The van der Waals surface area contributed by atoms with Crippen LogP contribution < -0.4 is 10.6 Å². The highest BCUT2D eigenvalue weighted by Gasteiger charge is 2.32. The first-order chi connectivity index (χ1) is 11.0. The number of hydrogen-bond donors (Lipinski definition) is 1. The van der Waals surface area contributed by atoms with Crippen LogP contribution in [0, 0.1) is 0 Å². The number of halogens is 3. The zero-order chi connectivity index (χ0) is 18.1. The number of benzene rings is 1. The Morgan fingerprint density at radius 3 is 2.21 bits per heavy atom. The molecular weight excluding hydrogens is 323 g/mol. The first kappa shape index (κ1) is 18.2. The van der Waals surface area contributed by atoms with E-state index < -0.39 is 23.4 Å². The van der Waals surface area contributed by atoms with Crippen molar-refractivity contribution in [3.8, 4) is 0 Å². The highest BCUT2D eigenvalue weighted by atomic mass is 19.4. The van der Waals surface area contributed by atoms with Crippen molar-refractivity contribution in [2.24, 2.45) is 0 Å². The van der Waals surface area contributed by atoms with Crippen molar-refractivity contribution >= 4 is 17.5 Å². The topological polar surface area (TPSA) is 58.8 Å². The van der Waals surface area contributed by atoms with E-state index in [1.807, 2.05) is 0 Å². The lowest BCUT2D eigenvalue weighted by Gasteiger charge is -2.37. The van der Waals surface area contributed by atoms with Gasteiger partial charge in [0.05, 0.1) is 16.9 Å². The molecule has 1 aliphatic heterocycles. The van der Waals surface area contributed by atoms with Crippen LogP contribution in [0.5, 0.6) is 0 Å². The summed E-state index contributed by atoms with van der Waals surface area (Å²) < 4.78 is 43.9. The number of nitrogens with two attached hydrogens (primary N) is 1. The number of amides is 1. The van der Waals surface area contributed by atoms with E-state index in [0.717, 1.165) is 12.1 Å². The molecule has 1 amide bonds. The van der Waals surface area contributed by atoms with Crippen LogP contribution in [0.4, 0.5) is 29.3 Å². The fraction of sp³-hybridized carbons (Fsp3) is 0.562. The van der Waals surface area contributed by atoms with Gasteiger partial charge in [-0.25, -0.2) is 4.79 Å². The first-order valence-corrected chi connectivity index (χ1v) is 7.67. The van der Waals surface area contributed by atoms with Crippen LogP contribution in [0.2, 0.25) is 0 Å². The van der Waals surface area contributed by atoms with E-state index in [-0.39, 0.29) is 5.69 Å². The van der Waals surface area contributed by atoms with E-state index in [1.54, 1.807) is 30.6 Å². The van der Waals surface area contributed by atoms with Gasteiger partial charge in [-0.15, -0.1) is 0 Å². The molecule has 0 aromatic heterocycles. The molecule has 0 unspecified atom stereocenters. The highest BCUT2D eigenvalue weighted by Crippen LogP contribution is 2.34. The molecule has 2 rings (SSSR count). The number of nitrogen functional groups attached to an aromatic ring is 1. The van der Waals surface area contributed by atoms with Gasteiger partial charge < -0.3 is 20.3 Å².